The highest BCUT2D eigenvalue weighted by molar-refractivity contribution is 5.99. The van der Waals surface area contributed by atoms with Crippen LogP contribution in [0.1, 0.15) is 73.2 Å². The van der Waals surface area contributed by atoms with E-state index in [0.29, 0.717) is 43.1 Å². The molecule has 0 unspecified atom stereocenters. The van der Waals surface area contributed by atoms with E-state index in [2.05, 4.69) is 38.3 Å². The summed E-state index contributed by atoms with van der Waals surface area (Å²) in [6.45, 7) is 11.0. The molecule has 6 heteroatoms. The Hall–Kier alpha value is -2.70. The van der Waals surface area contributed by atoms with Gasteiger partial charge in [-0.15, -0.1) is 0 Å². The maximum atomic E-state index is 13.2. The standard InChI is InChI=1S/C29H43N3O3/c1-5-17-32(18-6-2)29(35)25-14-10-13-24(20-25)28(34)31-26(19-23-11-8-7-9-12-23)27(33)21-30-16-15-22(3)4/h7-14,20,22,26-27,30,33H,5-6,15-19,21H2,1-4H3,(H,31,34)/t26-,27+/m0/s1. The number of nitrogens with one attached hydrogen (secondary N) is 2. The van der Waals surface area contributed by atoms with Gasteiger partial charge in [0, 0.05) is 30.8 Å². The van der Waals surface area contributed by atoms with Gasteiger partial charge < -0.3 is 20.6 Å². The van der Waals surface area contributed by atoms with E-state index < -0.39 is 12.1 Å². The van der Waals surface area contributed by atoms with Crippen LogP contribution in [0.25, 0.3) is 0 Å². The molecule has 0 fully saturated rings. The van der Waals surface area contributed by atoms with Crippen molar-refractivity contribution in [1.82, 2.24) is 15.5 Å². The molecule has 0 spiro atoms. The fourth-order valence-electron chi connectivity index (χ4n) is 4.02. The molecule has 2 amide bonds. The molecule has 0 bridgehead atoms. The van der Waals surface area contributed by atoms with Gasteiger partial charge in [-0.25, -0.2) is 0 Å². The molecule has 3 N–H and O–H groups in total. The molecule has 2 aromatic carbocycles. The molecule has 0 aliphatic heterocycles. The highest BCUT2D eigenvalue weighted by Crippen LogP contribution is 2.12. The van der Waals surface area contributed by atoms with E-state index >= 15 is 0 Å². The predicted octanol–water partition coefficient (Wildman–Crippen LogP) is 4.29. The van der Waals surface area contributed by atoms with E-state index in [4.69, 9.17) is 0 Å². The highest BCUT2D eigenvalue weighted by atomic mass is 16.3. The molecular weight excluding hydrogens is 438 g/mol. The number of carbonyl (C=O) groups excluding carboxylic acids is 2. The molecule has 6 nitrogen and oxygen atoms in total. The minimum Gasteiger partial charge on any atom is -0.390 e. The van der Waals surface area contributed by atoms with Crippen LogP contribution < -0.4 is 10.6 Å². The van der Waals surface area contributed by atoms with Gasteiger partial charge in [0.05, 0.1) is 12.1 Å². The normalized spacial score (nSPS) is 12.9. The molecule has 0 aliphatic carbocycles. The van der Waals surface area contributed by atoms with Gasteiger partial charge in [0.15, 0.2) is 0 Å². The Morgan fingerprint density at radius 3 is 2.23 bits per heavy atom. The largest absolute Gasteiger partial charge is 0.390 e. The smallest absolute Gasteiger partial charge is 0.253 e. The molecule has 2 rings (SSSR count). The minimum atomic E-state index is -0.749. The van der Waals surface area contributed by atoms with Crippen LogP contribution in [0.4, 0.5) is 0 Å². The van der Waals surface area contributed by atoms with Crippen LogP contribution in [0.15, 0.2) is 54.6 Å². The van der Waals surface area contributed by atoms with E-state index in [1.54, 1.807) is 24.3 Å². The van der Waals surface area contributed by atoms with Crippen LogP contribution in [0, 0.1) is 5.92 Å². The summed E-state index contributed by atoms with van der Waals surface area (Å²) in [6, 6.07) is 16.2. The first kappa shape index (κ1) is 28.5. The van der Waals surface area contributed by atoms with Gasteiger partial charge in [-0.3, -0.25) is 9.59 Å². The summed E-state index contributed by atoms with van der Waals surface area (Å²) < 4.78 is 0. The number of amides is 2. The number of aliphatic hydroxyl groups excluding tert-OH is 1. The third kappa shape index (κ3) is 9.82. The molecular formula is C29H43N3O3. The Bertz CT molecular complexity index is 895. The van der Waals surface area contributed by atoms with Crippen molar-refractivity contribution in [2.75, 3.05) is 26.2 Å². The lowest BCUT2D eigenvalue weighted by atomic mass is 10.00. The van der Waals surface area contributed by atoms with Crippen molar-refractivity contribution in [3.05, 3.63) is 71.3 Å². The summed E-state index contributed by atoms with van der Waals surface area (Å²) in [5.74, 6) is 0.234. The van der Waals surface area contributed by atoms with Gasteiger partial charge in [-0.1, -0.05) is 64.1 Å². The van der Waals surface area contributed by atoms with Crippen molar-refractivity contribution in [2.45, 2.75) is 65.5 Å². The van der Waals surface area contributed by atoms with Crippen molar-refractivity contribution in [2.24, 2.45) is 5.92 Å². The number of hydrogen-bond donors (Lipinski definition) is 3. The van der Waals surface area contributed by atoms with Gasteiger partial charge in [0.2, 0.25) is 0 Å². The molecule has 192 valence electrons. The summed E-state index contributed by atoms with van der Waals surface area (Å²) in [5, 5.41) is 17.3. The molecule has 0 heterocycles. The Kier molecular flexibility index (Phi) is 12.5. The molecule has 2 atom stereocenters. The quantitative estimate of drug-likeness (QED) is 0.332. The average molecular weight is 482 g/mol. The fraction of sp³-hybridized carbons (Fsp3) is 0.517. The Balaban J connectivity index is 2.14. The summed E-state index contributed by atoms with van der Waals surface area (Å²) in [4.78, 5) is 28.0. The van der Waals surface area contributed by atoms with E-state index in [-0.39, 0.29) is 11.8 Å². The van der Waals surface area contributed by atoms with Crippen LogP contribution in [-0.2, 0) is 6.42 Å². The number of aliphatic hydroxyl groups is 1. The first-order chi connectivity index (χ1) is 16.8. The number of carbonyl (C=O) groups is 2. The van der Waals surface area contributed by atoms with Crippen molar-refractivity contribution in [1.29, 1.82) is 0 Å². The molecule has 0 saturated carbocycles. The van der Waals surface area contributed by atoms with Crippen molar-refractivity contribution in [3.63, 3.8) is 0 Å². The van der Waals surface area contributed by atoms with Gasteiger partial charge >= 0.3 is 0 Å². The Morgan fingerprint density at radius 1 is 0.943 bits per heavy atom. The van der Waals surface area contributed by atoms with Crippen LogP contribution in [0.2, 0.25) is 0 Å². The maximum Gasteiger partial charge on any atom is 0.253 e. The van der Waals surface area contributed by atoms with Gasteiger partial charge in [0.1, 0.15) is 0 Å². The lowest BCUT2D eigenvalue weighted by Gasteiger charge is -2.25. The van der Waals surface area contributed by atoms with E-state index in [9.17, 15) is 14.7 Å². The lowest BCUT2D eigenvalue weighted by Crippen LogP contribution is -2.49. The molecule has 35 heavy (non-hydrogen) atoms. The molecule has 0 aromatic heterocycles. The van der Waals surface area contributed by atoms with Gasteiger partial charge in [-0.2, -0.15) is 0 Å². The topological polar surface area (TPSA) is 81.7 Å². The van der Waals surface area contributed by atoms with Crippen LogP contribution in [0.3, 0.4) is 0 Å². The van der Waals surface area contributed by atoms with Crippen molar-refractivity contribution in [3.8, 4) is 0 Å². The van der Waals surface area contributed by atoms with Crippen molar-refractivity contribution < 1.29 is 14.7 Å². The first-order valence-corrected chi connectivity index (χ1v) is 13.0. The molecule has 2 aromatic rings. The summed E-state index contributed by atoms with van der Waals surface area (Å²) in [6.07, 6.45) is 2.56. The zero-order chi connectivity index (χ0) is 25.6. The second kappa shape index (κ2) is 15.3. The number of rotatable bonds is 15. The molecule has 0 radical (unpaired) electrons. The molecule has 0 aliphatic rings. The maximum absolute atomic E-state index is 13.2. The third-order valence-corrected chi connectivity index (χ3v) is 5.98. The summed E-state index contributed by atoms with van der Waals surface area (Å²) in [5.41, 5.74) is 1.97. The zero-order valence-corrected chi connectivity index (χ0v) is 21.8. The number of benzene rings is 2. The Labute approximate surface area is 211 Å². The summed E-state index contributed by atoms with van der Waals surface area (Å²) in [7, 11) is 0. The average Bonchev–Trinajstić information content (AvgIpc) is 2.86. The second-order valence-corrected chi connectivity index (χ2v) is 9.60. The zero-order valence-electron chi connectivity index (χ0n) is 21.8. The number of nitrogens with zero attached hydrogens (tertiary/aromatic N) is 1. The highest BCUT2D eigenvalue weighted by Gasteiger charge is 2.23. The minimum absolute atomic E-state index is 0.0569. The van der Waals surface area contributed by atoms with Crippen LogP contribution >= 0.6 is 0 Å². The van der Waals surface area contributed by atoms with E-state index in [1.165, 1.54) is 0 Å². The first-order valence-electron chi connectivity index (χ1n) is 13.0. The SMILES string of the molecule is CCCN(CCC)C(=O)c1cccc(C(=O)N[C@@H](Cc2ccccc2)[C@H](O)CNCCC(C)C)c1. The van der Waals surface area contributed by atoms with E-state index in [0.717, 1.165) is 31.4 Å². The summed E-state index contributed by atoms with van der Waals surface area (Å²) >= 11 is 0. The lowest BCUT2D eigenvalue weighted by molar-refractivity contribution is 0.0755. The molecule has 0 saturated heterocycles. The van der Waals surface area contributed by atoms with Crippen LogP contribution in [0.5, 0.6) is 0 Å². The van der Waals surface area contributed by atoms with Gasteiger partial charge in [0.25, 0.3) is 11.8 Å². The van der Waals surface area contributed by atoms with E-state index in [1.807, 2.05) is 35.2 Å². The van der Waals surface area contributed by atoms with Crippen molar-refractivity contribution >= 4 is 11.8 Å². The number of hydrogen-bond acceptors (Lipinski definition) is 4. The monoisotopic (exact) mass is 481 g/mol. The second-order valence-electron chi connectivity index (χ2n) is 9.60. The predicted molar refractivity (Wildman–Crippen MR) is 143 cm³/mol. The fourth-order valence-corrected chi connectivity index (χ4v) is 4.02. The van der Waals surface area contributed by atoms with Crippen LogP contribution in [-0.4, -0.2) is 60.1 Å². The third-order valence-electron chi connectivity index (χ3n) is 5.98. The Morgan fingerprint density at radius 2 is 1.60 bits per heavy atom. The van der Waals surface area contributed by atoms with Gasteiger partial charge in [-0.05, 0) is 61.9 Å².